The van der Waals surface area contributed by atoms with Crippen molar-refractivity contribution in [2.45, 2.75) is 58.0 Å². The first-order valence-corrected chi connectivity index (χ1v) is 9.37. The Labute approximate surface area is 135 Å². The summed E-state index contributed by atoms with van der Waals surface area (Å²) in [6.07, 6.45) is 9.04. The summed E-state index contributed by atoms with van der Waals surface area (Å²) in [5, 5.41) is 0. The van der Waals surface area contributed by atoms with Crippen molar-refractivity contribution in [2.24, 2.45) is 11.8 Å². The van der Waals surface area contributed by atoms with Gasteiger partial charge >= 0.3 is 0 Å². The smallest absolute Gasteiger partial charge is 0.252 e. The van der Waals surface area contributed by atoms with Crippen molar-refractivity contribution in [3.63, 3.8) is 0 Å². The molecule has 126 valence electrons. The van der Waals surface area contributed by atoms with E-state index in [1.807, 2.05) is 0 Å². The largest absolute Gasteiger partial charge is 0.368 e. The molecule has 2 aliphatic heterocycles. The molecule has 0 bridgehead atoms. The number of hydrogen-bond acceptors (Lipinski definition) is 3. The Hall–Kier alpha value is -0.610. The van der Waals surface area contributed by atoms with Crippen LogP contribution in [0.2, 0.25) is 0 Å². The third-order valence-corrected chi connectivity index (χ3v) is 5.77. The average molecular weight is 308 g/mol. The van der Waals surface area contributed by atoms with Crippen molar-refractivity contribution in [3.8, 4) is 0 Å². The summed E-state index contributed by atoms with van der Waals surface area (Å²) in [6, 6.07) is 0. The van der Waals surface area contributed by atoms with Gasteiger partial charge in [-0.05, 0) is 44.1 Å². The molecule has 1 saturated carbocycles. The molecule has 22 heavy (non-hydrogen) atoms. The Morgan fingerprint density at radius 1 is 1.00 bits per heavy atom. The Morgan fingerprint density at radius 3 is 2.55 bits per heavy atom. The van der Waals surface area contributed by atoms with Gasteiger partial charge in [0.1, 0.15) is 6.10 Å². The monoisotopic (exact) mass is 308 g/mol. The molecule has 0 aromatic carbocycles. The van der Waals surface area contributed by atoms with Crippen molar-refractivity contribution in [3.05, 3.63) is 0 Å². The minimum atomic E-state index is -0.176. The number of carbonyl (C=O) groups excluding carboxylic acids is 1. The first kappa shape index (κ1) is 16.3. The Kier molecular flexibility index (Phi) is 5.75. The number of amides is 1. The summed E-state index contributed by atoms with van der Waals surface area (Å²) >= 11 is 0. The fraction of sp³-hybridized carbons (Fsp3) is 0.944. The zero-order valence-corrected chi connectivity index (χ0v) is 14.1. The van der Waals surface area contributed by atoms with Gasteiger partial charge in [-0.1, -0.05) is 26.2 Å². The number of nitrogens with zero attached hydrogens (tertiary/aromatic N) is 2. The van der Waals surface area contributed by atoms with Gasteiger partial charge in [0.2, 0.25) is 0 Å². The van der Waals surface area contributed by atoms with E-state index in [4.69, 9.17) is 4.74 Å². The second kappa shape index (κ2) is 7.78. The van der Waals surface area contributed by atoms with E-state index in [9.17, 15) is 4.79 Å². The van der Waals surface area contributed by atoms with Crippen molar-refractivity contribution in [1.82, 2.24) is 9.80 Å². The predicted octanol–water partition coefficient (Wildman–Crippen LogP) is 2.53. The Morgan fingerprint density at radius 2 is 1.82 bits per heavy atom. The first-order valence-electron chi connectivity index (χ1n) is 9.37. The molecule has 0 radical (unpaired) electrons. The second-order valence-electron chi connectivity index (χ2n) is 7.54. The van der Waals surface area contributed by atoms with E-state index in [-0.39, 0.29) is 12.0 Å². The molecule has 4 nitrogen and oxygen atoms in total. The fourth-order valence-corrected chi connectivity index (χ4v) is 4.30. The van der Waals surface area contributed by atoms with Crippen LogP contribution in [0.15, 0.2) is 0 Å². The summed E-state index contributed by atoms with van der Waals surface area (Å²) in [7, 11) is 0. The highest BCUT2D eigenvalue weighted by Crippen LogP contribution is 2.25. The fourth-order valence-electron chi connectivity index (χ4n) is 4.30. The van der Waals surface area contributed by atoms with E-state index in [2.05, 4.69) is 16.7 Å². The highest BCUT2D eigenvalue weighted by atomic mass is 16.5. The lowest BCUT2D eigenvalue weighted by Crippen LogP contribution is -2.43. The topological polar surface area (TPSA) is 32.8 Å². The third-order valence-electron chi connectivity index (χ3n) is 5.77. The maximum atomic E-state index is 12.6. The lowest BCUT2D eigenvalue weighted by molar-refractivity contribution is -0.142. The van der Waals surface area contributed by atoms with Crippen LogP contribution in [0, 0.1) is 11.8 Å². The van der Waals surface area contributed by atoms with Crippen molar-refractivity contribution in [2.75, 3.05) is 39.3 Å². The lowest BCUT2D eigenvalue weighted by Gasteiger charge is -2.29. The van der Waals surface area contributed by atoms with Crippen LogP contribution >= 0.6 is 0 Å². The van der Waals surface area contributed by atoms with Gasteiger partial charge in [0.25, 0.3) is 5.91 Å². The third kappa shape index (κ3) is 4.02. The van der Waals surface area contributed by atoms with Gasteiger partial charge in [-0.15, -0.1) is 0 Å². The van der Waals surface area contributed by atoms with Crippen molar-refractivity contribution < 1.29 is 9.53 Å². The van der Waals surface area contributed by atoms with Crippen LogP contribution in [0.1, 0.15) is 51.9 Å². The predicted molar refractivity (Wildman–Crippen MR) is 87.7 cm³/mol. The standard InChI is InChI=1S/C18H32N2O2/c1-15-8-13-22-17(15)18(21)20-10-5-9-19(11-12-20)14-16-6-3-2-4-7-16/h15-17H,2-14H2,1H3. The second-order valence-corrected chi connectivity index (χ2v) is 7.54. The van der Waals surface area contributed by atoms with Crippen LogP contribution < -0.4 is 0 Å². The summed E-state index contributed by atoms with van der Waals surface area (Å²) < 4.78 is 5.66. The van der Waals surface area contributed by atoms with Crippen LogP contribution in [-0.4, -0.2) is 61.1 Å². The minimum absolute atomic E-state index is 0.176. The summed E-state index contributed by atoms with van der Waals surface area (Å²) in [5.74, 6) is 1.52. The summed E-state index contributed by atoms with van der Waals surface area (Å²) in [4.78, 5) is 17.3. The van der Waals surface area contributed by atoms with Crippen molar-refractivity contribution in [1.29, 1.82) is 0 Å². The van der Waals surface area contributed by atoms with Gasteiger partial charge in [0.05, 0.1) is 0 Å². The molecule has 4 heteroatoms. The normalized spacial score (nSPS) is 32.1. The molecule has 2 heterocycles. The van der Waals surface area contributed by atoms with Gasteiger partial charge in [0.15, 0.2) is 0 Å². The lowest BCUT2D eigenvalue weighted by atomic mass is 9.89. The molecule has 3 rings (SSSR count). The van der Waals surface area contributed by atoms with E-state index in [0.717, 1.165) is 51.5 Å². The maximum absolute atomic E-state index is 12.6. The molecular formula is C18H32N2O2. The van der Waals surface area contributed by atoms with E-state index in [0.29, 0.717) is 5.92 Å². The number of hydrogen-bond donors (Lipinski definition) is 0. The zero-order chi connectivity index (χ0) is 15.4. The Bertz CT molecular complexity index is 368. The van der Waals surface area contributed by atoms with E-state index >= 15 is 0 Å². The summed E-state index contributed by atoms with van der Waals surface area (Å²) in [6.45, 7) is 8.13. The van der Waals surface area contributed by atoms with Gasteiger partial charge < -0.3 is 14.5 Å². The zero-order valence-electron chi connectivity index (χ0n) is 14.1. The average Bonchev–Trinajstić information content (AvgIpc) is 2.82. The van der Waals surface area contributed by atoms with Crippen LogP contribution in [0.5, 0.6) is 0 Å². The van der Waals surface area contributed by atoms with Gasteiger partial charge in [0, 0.05) is 32.8 Å². The number of ether oxygens (including phenoxy) is 1. The SMILES string of the molecule is CC1CCOC1C(=O)N1CCCN(CC2CCCCC2)CC1. The van der Waals surface area contributed by atoms with Crippen LogP contribution in [-0.2, 0) is 9.53 Å². The molecule has 0 spiro atoms. The number of carbonyl (C=O) groups is 1. The highest BCUT2D eigenvalue weighted by molar-refractivity contribution is 5.81. The molecule has 1 amide bonds. The molecule has 2 unspecified atom stereocenters. The molecule has 1 aliphatic carbocycles. The van der Waals surface area contributed by atoms with Crippen molar-refractivity contribution >= 4 is 5.91 Å². The quantitative estimate of drug-likeness (QED) is 0.803. The van der Waals surface area contributed by atoms with Gasteiger partial charge in [-0.2, -0.15) is 0 Å². The van der Waals surface area contributed by atoms with Gasteiger partial charge in [-0.3, -0.25) is 4.79 Å². The van der Waals surface area contributed by atoms with E-state index in [1.54, 1.807) is 0 Å². The molecule has 3 fully saturated rings. The molecule has 3 aliphatic rings. The summed E-state index contributed by atoms with van der Waals surface area (Å²) in [5.41, 5.74) is 0. The van der Waals surface area contributed by atoms with E-state index < -0.39 is 0 Å². The molecule has 0 aromatic rings. The molecule has 0 N–H and O–H groups in total. The molecule has 2 atom stereocenters. The Balaban J connectivity index is 1.47. The molecule has 0 aromatic heterocycles. The van der Waals surface area contributed by atoms with Crippen LogP contribution in [0.3, 0.4) is 0 Å². The van der Waals surface area contributed by atoms with Gasteiger partial charge in [-0.25, -0.2) is 0 Å². The van der Waals surface area contributed by atoms with Crippen LogP contribution in [0.4, 0.5) is 0 Å². The molecule has 2 saturated heterocycles. The first-order chi connectivity index (χ1) is 10.7. The molecular weight excluding hydrogens is 276 g/mol. The maximum Gasteiger partial charge on any atom is 0.252 e. The highest BCUT2D eigenvalue weighted by Gasteiger charge is 2.34. The minimum Gasteiger partial charge on any atom is -0.368 e. The van der Waals surface area contributed by atoms with Crippen LogP contribution in [0.25, 0.3) is 0 Å². The number of rotatable bonds is 3. The van der Waals surface area contributed by atoms with E-state index in [1.165, 1.54) is 38.6 Å².